The van der Waals surface area contributed by atoms with Gasteiger partial charge in [-0.05, 0) is 17.7 Å². The van der Waals surface area contributed by atoms with E-state index in [1.807, 2.05) is 0 Å². The third-order valence-electron chi connectivity index (χ3n) is 1.54. The van der Waals surface area contributed by atoms with Crippen molar-refractivity contribution < 1.29 is 9.13 Å². The van der Waals surface area contributed by atoms with Crippen molar-refractivity contribution in [2.24, 2.45) is 10.7 Å². The van der Waals surface area contributed by atoms with Crippen LogP contribution in [0.2, 0.25) is 0 Å². The Balaban J connectivity index is 0.00000169. The van der Waals surface area contributed by atoms with Gasteiger partial charge < -0.3 is 10.5 Å². The minimum absolute atomic E-state index is 0. The van der Waals surface area contributed by atoms with Gasteiger partial charge in [-0.2, -0.15) is 0 Å². The van der Waals surface area contributed by atoms with Crippen molar-refractivity contribution in [1.82, 2.24) is 0 Å². The summed E-state index contributed by atoms with van der Waals surface area (Å²) in [6, 6.07) is 6.20. The molecule has 0 aliphatic carbocycles. The van der Waals surface area contributed by atoms with Crippen LogP contribution < -0.4 is 5.73 Å². The highest BCUT2D eigenvalue weighted by atomic mass is 35.5. The summed E-state index contributed by atoms with van der Waals surface area (Å²) in [7, 11) is 1.45. The van der Waals surface area contributed by atoms with Crippen molar-refractivity contribution in [3.63, 3.8) is 0 Å². The molecule has 3 nitrogen and oxygen atoms in total. The van der Waals surface area contributed by atoms with Gasteiger partial charge in [-0.1, -0.05) is 12.1 Å². The van der Waals surface area contributed by atoms with E-state index in [1.165, 1.54) is 19.2 Å². The number of hydrogen-bond donors (Lipinski definition) is 1. The monoisotopic (exact) mass is 218 g/mol. The largest absolute Gasteiger partial charge is 0.469 e. The SMILES string of the molecule is COC(N)=NCc1ccc(F)cc1.Cl. The van der Waals surface area contributed by atoms with Crippen molar-refractivity contribution in [3.05, 3.63) is 35.6 Å². The lowest BCUT2D eigenvalue weighted by molar-refractivity contribution is 0.394. The first-order chi connectivity index (χ1) is 6.22. The van der Waals surface area contributed by atoms with E-state index in [1.54, 1.807) is 12.1 Å². The maximum absolute atomic E-state index is 12.5. The molecular formula is C9H12ClFN2O. The Morgan fingerprint density at radius 2 is 2.00 bits per heavy atom. The molecule has 1 rings (SSSR count). The third kappa shape index (κ3) is 4.09. The fourth-order valence-electron chi connectivity index (χ4n) is 0.824. The van der Waals surface area contributed by atoms with Crippen molar-refractivity contribution in [1.29, 1.82) is 0 Å². The summed E-state index contributed by atoms with van der Waals surface area (Å²) in [4.78, 5) is 3.89. The lowest BCUT2D eigenvalue weighted by Gasteiger charge is -1.98. The van der Waals surface area contributed by atoms with Crippen LogP contribution in [-0.2, 0) is 11.3 Å². The second-order valence-electron chi connectivity index (χ2n) is 2.49. The van der Waals surface area contributed by atoms with E-state index < -0.39 is 0 Å². The Morgan fingerprint density at radius 3 is 2.50 bits per heavy atom. The van der Waals surface area contributed by atoms with E-state index in [0.29, 0.717) is 6.54 Å². The third-order valence-corrected chi connectivity index (χ3v) is 1.54. The lowest BCUT2D eigenvalue weighted by Crippen LogP contribution is -2.13. The first-order valence-corrected chi connectivity index (χ1v) is 3.80. The summed E-state index contributed by atoms with van der Waals surface area (Å²) in [6.07, 6.45) is 0. The Kier molecular flexibility index (Phi) is 5.64. The normalized spacial score (nSPS) is 10.6. The molecule has 0 aromatic heterocycles. The molecule has 0 bridgehead atoms. The predicted octanol–water partition coefficient (Wildman–Crippen LogP) is 1.71. The Morgan fingerprint density at radius 1 is 1.43 bits per heavy atom. The topological polar surface area (TPSA) is 47.6 Å². The van der Waals surface area contributed by atoms with Gasteiger partial charge in [0.15, 0.2) is 0 Å². The molecule has 14 heavy (non-hydrogen) atoms. The van der Waals surface area contributed by atoms with E-state index in [2.05, 4.69) is 9.73 Å². The van der Waals surface area contributed by atoms with E-state index in [0.717, 1.165) is 5.56 Å². The number of aliphatic imine (C=N–C) groups is 1. The summed E-state index contributed by atoms with van der Waals surface area (Å²) < 4.78 is 17.1. The number of amidine groups is 1. The summed E-state index contributed by atoms with van der Waals surface area (Å²) in [5, 5.41) is 0. The predicted molar refractivity (Wildman–Crippen MR) is 56.0 cm³/mol. The standard InChI is InChI=1S/C9H11FN2O.ClH/c1-13-9(11)12-6-7-2-4-8(10)5-3-7;/h2-5H,6H2,1H3,(H2,11,12);1H. The molecule has 0 unspecified atom stereocenters. The molecule has 0 fully saturated rings. The van der Waals surface area contributed by atoms with Gasteiger partial charge in [0.2, 0.25) is 0 Å². The summed E-state index contributed by atoms with van der Waals surface area (Å²) >= 11 is 0. The molecule has 0 amide bonds. The van der Waals surface area contributed by atoms with Crippen molar-refractivity contribution in [2.75, 3.05) is 7.11 Å². The number of methoxy groups -OCH3 is 1. The number of hydrogen-bond acceptors (Lipinski definition) is 2. The fourth-order valence-corrected chi connectivity index (χ4v) is 0.824. The van der Waals surface area contributed by atoms with Crippen LogP contribution in [0.15, 0.2) is 29.3 Å². The molecule has 78 valence electrons. The molecule has 0 spiro atoms. The van der Waals surface area contributed by atoms with Gasteiger partial charge in [-0.15, -0.1) is 12.4 Å². The number of benzene rings is 1. The van der Waals surface area contributed by atoms with E-state index >= 15 is 0 Å². The second-order valence-corrected chi connectivity index (χ2v) is 2.49. The van der Waals surface area contributed by atoms with Crippen LogP contribution in [0.3, 0.4) is 0 Å². The molecule has 0 heterocycles. The highest BCUT2D eigenvalue weighted by molar-refractivity contribution is 5.85. The molecule has 0 aliphatic heterocycles. The molecule has 0 radical (unpaired) electrons. The highest BCUT2D eigenvalue weighted by Gasteiger charge is 1.93. The zero-order valence-corrected chi connectivity index (χ0v) is 8.55. The molecular weight excluding hydrogens is 207 g/mol. The summed E-state index contributed by atoms with van der Waals surface area (Å²) in [5.74, 6) is -0.257. The minimum atomic E-state index is -0.257. The van der Waals surface area contributed by atoms with Crippen LogP contribution in [-0.4, -0.2) is 13.1 Å². The molecule has 2 N–H and O–H groups in total. The van der Waals surface area contributed by atoms with Gasteiger partial charge in [0.25, 0.3) is 6.02 Å². The number of ether oxygens (including phenoxy) is 1. The molecule has 0 aliphatic rings. The van der Waals surface area contributed by atoms with Gasteiger partial charge in [0.05, 0.1) is 13.7 Å². The van der Waals surface area contributed by atoms with Crippen LogP contribution in [0.4, 0.5) is 4.39 Å². The maximum atomic E-state index is 12.5. The van der Waals surface area contributed by atoms with Crippen LogP contribution in [0, 0.1) is 5.82 Å². The van der Waals surface area contributed by atoms with Crippen LogP contribution in [0.5, 0.6) is 0 Å². The van der Waals surface area contributed by atoms with Crippen molar-refractivity contribution in [2.45, 2.75) is 6.54 Å². The number of halogens is 2. The zero-order chi connectivity index (χ0) is 9.68. The van der Waals surface area contributed by atoms with Gasteiger partial charge in [0.1, 0.15) is 5.82 Å². The van der Waals surface area contributed by atoms with E-state index in [9.17, 15) is 4.39 Å². The van der Waals surface area contributed by atoms with Crippen molar-refractivity contribution in [3.8, 4) is 0 Å². The lowest BCUT2D eigenvalue weighted by atomic mass is 10.2. The minimum Gasteiger partial charge on any atom is -0.469 e. The quantitative estimate of drug-likeness (QED) is 0.607. The fraction of sp³-hybridized carbons (Fsp3) is 0.222. The molecule has 1 aromatic rings. The number of nitrogens with zero attached hydrogens (tertiary/aromatic N) is 1. The average Bonchev–Trinajstić information content (AvgIpc) is 2.16. The first kappa shape index (κ1) is 12.7. The molecule has 1 aromatic carbocycles. The van der Waals surface area contributed by atoms with Gasteiger partial charge in [-0.25, -0.2) is 9.38 Å². The summed E-state index contributed by atoms with van der Waals surface area (Å²) in [5.41, 5.74) is 6.19. The van der Waals surface area contributed by atoms with Gasteiger partial charge in [0, 0.05) is 0 Å². The van der Waals surface area contributed by atoms with E-state index in [-0.39, 0.29) is 24.2 Å². The number of nitrogens with two attached hydrogens (primary N) is 1. The number of rotatable bonds is 2. The first-order valence-electron chi connectivity index (χ1n) is 3.80. The molecule has 5 heteroatoms. The molecule has 0 atom stereocenters. The van der Waals surface area contributed by atoms with Gasteiger partial charge in [-0.3, -0.25) is 0 Å². The Bertz CT molecular complexity index is 300. The molecule has 0 saturated heterocycles. The summed E-state index contributed by atoms with van der Waals surface area (Å²) in [6.45, 7) is 0.403. The van der Waals surface area contributed by atoms with Crippen LogP contribution in [0.1, 0.15) is 5.56 Å². The van der Waals surface area contributed by atoms with Gasteiger partial charge >= 0.3 is 0 Å². The van der Waals surface area contributed by atoms with Crippen molar-refractivity contribution >= 4 is 18.4 Å². The molecule has 0 saturated carbocycles. The van der Waals surface area contributed by atoms with Crippen LogP contribution in [0.25, 0.3) is 0 Å². The Labute approximate surface area is 88.2 Å². The maximum Gasteiger partial charge on any atom is 0.281 e. The smallest absolute Gasteiger partial charge is 0.281 e. The highest BCUT2D eigenvalue weighted by Crippen LogP contribution is 2.03. The second kappa shape index (κ2) is 6.21. The average molecular weight is 219 g/mol. The van der Waals surface area contributed by atoms with E-state index in [4.69, 9.17) is 5.73 Å². The zero-order valence-electron chi connectivity index (χ0n) is 7.74. The Hall–Kier alpha value is -1.29. The van der Waals surface area contributed by atoms with Crippen LogP contribution >= 0.6 is 12.4 Å².